The lowest BCUT2D eigenvalue weighted by molar-refractivity contribution is 1.50. The van der Waals surface area contributed by atoms with Crippen molar-refractivity contribution in [2.24, 2.45) is 0 Å². The second-order valence-electron chi connectivity index (χ2n) is 5.24. The van der Waals surface area contributed by atoms with Gasteiger partial charge in [-0.2, -0.15) is 0 Å². The van der Waals surface area contributed by atoms with Gasteiger partial charge in [-0.3, -0.25) is 0 Å². The molecule has 0 unspecified atom stereocenters. The minimum Gasteiger partial charge on any atom is -0.399 e. The summed E-state index contributed by atoms with van der Waals surface area (Å²) in [6.07, 6.45) is 7.72. The highest BCUT2D eigenvalue weighted by atomic mass is 35.5. The number of rotatable bonds is 2. The Morgan fingerprint density at radius 1 is 0.783 bits per heavy atom. The van der Waals surface area contributed by atoms with E-state index in [2.05, 4.69) is 6.08 Å². The van der Waals surface area contributed by atoms with E-state index in [0.717, 1.165) is 33.6 Å². The minimum absolute atomic E-state index is 0. The molecule has 0 spiro atoms. The van der Waals surface area contributed by atoms with Gasteiger partial charge in [0.25, 0.3) is 0 Å². The Bertz CT molecular complexity index is 798. The van der Waals surface area contributed by atoms with Gasteiger partial charge in [0.2, 0.25) is 0 Å². The standard InChI is InChI=1S/C19H17N3.ClH/c20-16-6-1-13(2-7-16)11-15-5-10-18(22)12-19(15)14-3-8-17(21)9-4-14;/h1-12,22H,20-21H2;1H. The van der Waals surface area contributed by atoms with Crippen molar-refractivity contribution in [2.45, 2.75) is 0 Å². The zero-order valence-electron chi connectivity index (χ0n) is 12.5. The number of allylic oxidation sites excluding steroid dienone is 5. The molecule has 2 aromatic rings. The molecule has 0 saturated heterocycles. The molecule has 0 fully saturated rings. The predicted octanol–water partition coefficient (Wildman–Crippen LogP) is 4.33. The zero-order chi connectivity index (χ0) is 15.5. The van der Waals surface area contributed by atoms with E-state index in [-0.39, 0.29) is 12.4 Å². The number of nitrogens with one attached hydrogen (secondary N) is 1. The van der Waals surface area contributed by atoms with Gasteiger partial charge < -0.3 is 16.9 Å². The summed E-state index contributed by atoms with van der Waals surface area (Å²) in [5.74, 6) is 0. The number of nitrogens with two attached hydrogens (primary N) is 2. The van der Waals surface area contributed by atoms with Crippen molar-refractivity contribution in [3.63, 3.8) is 0 Å². The van der Waals surface area contributed by atoms with Gasteiger partial charge in [-0.15, -0.1) is 12.4 Å². The highest BCUT2D eigenvalue weighted by Crippen LogP contribution is 2.29. The molecule has 1 aliphatic rings. The average Bonchev–Trinajstić information content (AvgIpc) is 2.52. The van der Waals surface area contributed by atoms with E-state index in [9.17, 15) is 0 Å². The van der Waals surface area contributed by atoms with Crippen LogP contribution in [-0.4, -0.2) is 5.71 Å². The Hall–Kier alpha value is -2.78. The van der Waals surface area contributed by atoms with E-state index in [0.29, 0.717) is 5.71 Å². The predicted molar refractivity (Wildman–Crippen MR) is 102 cm³/mol. The van der Waals surface area contributed by atoms with Crippen LogP contribution in [0.5, 0.6) is 0 Å². The maximum atomic E-state index is 7.88. The van der Waals surface area contributed by atoms with Crippen molar-refractivity contribution >= 4 is 41.1 Å². The quantitative estimate of drug-likeness (QED) is 0.719. The molecule has 0 aliphatic heterocycles. The largest absolute Gasteiger partial charge is 0.399 e. The number of hydrogen-bond donors (Lipinski definition) is 3. The Labute approximate surface area is 141 Å². The topological polar surface area (TPSA) is 75.9 Å². The lowest BCUT2D eigenvalue weighted by atomic mass is 9.91. The van der Waals surface area contributed by atoms with Crippen molar-refractivity contribution in [2.75, 3.05) is 11.5 Å². The highest BCUT2D eigenvalue weighted by Gasteiger charge is 2.10. The average molecular weight is 324 g/mol. The van der Waals surface area contributed by atoms with Crippen LogP contribution in [0, 0.1) is 5.41 Å². The summed E-state index contributed by atoms with van der Waals surface area (Å²) in [5, 5.41) is 7.88. The Morgan fingerprint density at radius 3 is 1.96 bits per heavy atom. The van der Waals surface area contributed by atoms with Crippen molar-refractivity contribution in [3.05, 3.63) is 83.5 Å². The van der Waals surface area contributed by atoms with Gasteiger partial charge in [-0.25, -0.2) is 0 Å². The fraction of sp³-hybridized carbons (Fsp3) is 0. The first-order valence-electron chi connectivity index (χ1n) is 7.04. The van der Waals surface area contributed by atoms with Crippen molar-refractivity contribution in [1.29, 1.82) is 5.41 Å². The third-order valence-corrected chi connectivity index (χ3v) is 3.53. The van der Waals surface area contributed by atoms with Gasteiger partial charge in [0.15, 0.2) is 0 Å². The molecule has 4 heteroatoms. The van der Waals surface area contributed by atoms with Crippen LogP contribution < -0.4 is 11.5 Å². The van der Waals surface area contributed by atoms with E-state index < -0.39 is 0 Å². The minimum atomic E-state index is 0. The number of hydrogen-bond acceptors (Lipinski definition) is 3. The van der Waals surface area contributed by atoms with Crippen LogP contribution in [0.2, 0.25) is 0 Å². The summed E-state index contributed by atoms with van der Waals surface area (Å²) in [4.78, 5) is 0. The molecule has 1 aliphatic carbocycles. The summed E-state index contributed by atoms with van der Waals surface area (Å²) in [7, 11) is 0. The second kappa shape index (κ2) is 6.99. The number of anilines is 2. The summed E-state index contributed by atoms with van der Waals surface area (Å²) in [6, 6.07) is 15.4. The van der Waals surface area contributed by atoms with E-state index in [4.69, 9.17) is 16.9 Å². The first-order valence-corrected chi connectivity index (χ1v) is 7.04. The van der Waals surface area contributed by atoms with Crippen LogP contribution in [-0.2, 0) is 0 Å². The molecule has 3 nitrogen and oxygen atoms in total. The number of benzene rings is 2. The molecule has 0 amide bonds. The summed E-state index contributed by atoms with van der Waals surface area (Å²) >= 11 is 0. The molecular formula is C19H18ClN3. The maximum absolute atomic E-state index is 7.88. The summed E-state index contributed by atoms with van der Waals surface area (Å²) in [5.41, 5.74) is 17.6. The Kier molecular flexibility index (Phi) is 5.04. The zero-order valence-corrected chi connectivity index (χ0v) is 13.3. The molecule has 5 N–H and O–H groups in total. The molecule has 0 bridgehead atoms. The van der Waals surface area contributed by atoms with Gasteiger partial charge in [-0.05, 0) is 64.8 Å². The van der Waals surface area contributed by atoms with Crippen LogP contribution in [0.25, 0.3) is 11.6 Å². The van der Waals surface area contributed by atoms with Gasteiger partial charge in [0.1, 0.15) is 0 Å². The molecule has 2 aromatic carbocycles. The third-order valence-electron chi connectivity index (χ3n) is 3.53. The molecule has 23 heavy (non-hydrogen) atoms. The number of nitrogen functional groups attached to an aromatic ring is 2. The molecule has 0 radical (unpaired) electrons. The molecule has 0 atom stereocenters. The smallest absolute Gasteiger partial charge is 0.0546 e. The SMILES string of the molecule is Cl.N=C1C=CC(=Cc2ccc(N)cc2)C(c2ccc(N)cc2)=C1. The van der Waals surface area contributed by atoms with E-state index in [1.54, 1.807) is 6.08 Å². The lowest BCUT2D eigenvalue weighted by Crippen LogP contribution is -1.99. The molecule has 0 aromatic heterocycles. The Morgan fingerprint density at radius 2 is 1.35 bits per heavy atom. The van der Waals surface area contributed by atoms with Crippen molar-refractivity contribution in [3.8, 4) is 0 Å². The van der Waals surface area contributed by atoms with E-state index >= 15 is 0 Å². The molecule has 0 saturated carbocycles. The third kappa shape index (κ3) is 3.90. The maximum Gasteiger partial charge on any atom is 0.0546 e. The lowest BCUT2D eigenvalue weighted by Gasteiger charge is -2.14. The molecule has 3 rings (SSSR count). The highest BCUT2D eigenvalue weighted by molar-refractivity contribution is 6.12. The van der Waals surface area contributed by atoms with Crippen LogP contribution >= 0.6 is 12.4 Å². The Balaban J connectivity index is 0.00000192. The number of halogens is 1. The first kappa shape index (κ1) is 16.6. The summed E-state index contributed by atoms with van der Waals surface area (Å²) in [6.45, 7) is 0. The van der Waals surface area contributed by atoms with Crippen molar-refractivity contribution in [1.82, 2.24) is 0 Å². The summed E-state index contributed by atoms with van der Waals surface area (Å²) < 4.78 is 0. The van der Waals surface area contributed by atoms with Crippen LogP contribution in [0.4, 0.5) is 11.4 Å². The van der Waals surface area contributed by atoms with Gasteiger partial charge >= 0.3 is 0 Å². The normalized spacial score (nSPS) is 15.2. The van der Waals surface area contributed by atoms with Gasteiger partial charge in [-0.1, -0.05) is 30.3 Å². The van der Waals surface area contributed by atoms with Crippen LogP contribution in [0.15, 0.2) is 72.3 Å². The fourth-order valence-electron chi connectivity index (χ4n) is 2.37. The molecule has 116 valence electrons. The van der Waals surface area contributed by atoms with Crippen LogP contribution in [0.3, 0.4) is 0 Å². The second-order valence-corrected chi connectivity index (χ2v) is 5.24. The van der Waals surface area contributed by atoms with E-state index in [1.807, 2.05) is 60.7 Å². The van der Waals surface area contributed by atoms with Gasteiger partial charge in [0, 0.05) is 11.4 Å². The van der Waals surface area contributed by atoms with E-state index in [1.165, 1.54) is 0 Å². The van der Waals surface area contributed by atoms with Crippen LogP contribution in [0.1, 0.15) is 11.1 Å². The molecule has 0 heterocycles. The molecular weight excluding hydrogens is 306 g/mol. The monoisotopic (exact) mass is 323 g/mol. The van der Waals surface area contributed by atoms with Gasteiger partial charge in [0.05, 0.1) is 5.71 Å². The van der Waals surface area contributed by atoms with Crippen molar-refractivity contribution < 1.29 is 0 Å². The fourth-order valence-corrected chi connectivity index (χ4v) is 2.37. The first-order chi connectivity index (χ1) is 10.6.